The quantitative estimate of drug-likeness (QED) is 0.303. The van der Waals surface area contributed by atoms with Gasteiger partial charge in [0.15, 0.2) is 0 Å². The number of nitrogens with one attached hydrogen (secondary N) is 1. The van der Waals surface area contributed by atoms with Crippen molar-refractivity contribution in [1.82, 2.24) is 14.5 Å². The molecule has 35 heavy (non-hydrogen) atoms. The second-order valence-electron chi connectivity index (χ2n) is 8.75. The van der Waals surface area contributed by atoms with E-state index in [-0.39, 0.29) is 5.82 Å². The molecular formula is C27H30FN3O3S. The lowest BCUT2D eigenvalue weighted by Gasteiger charge is -2.27. The van der Waals surface area contributed by atoms with E-state index in [1.54, 1.807) is 29.9 Å². The Hall–Kier alpha value is -3.23. The van der Waals surface area contributed by atoms with E-state index in [0.29, 0.717) is 12.2 Å². The molecule has 0 saturated carbocycles. The number of nitrogens with zero attached hydrogens (tertiary/aromatic N) is 2. The van der Waals surface area contributed by atoms with E-state index >= 15 is 0 Å². The molecule has 4 rings (SSSR count). The van der Waals surface area contributed by atoms with Gasteiger partial charge in [0, 0.05) is 5.39 Å². The van der Waals surface area contributed by atoms with Gasteiger partial charge in [0.2, 0.25) is 10.0 Å². The van der Waals surface area contributed by atoms with Crippen LogP contribution in [0.4, 0.5) is 4.39 Å². The number of aromatic nitrogens is 2. The Morgan fingerprint density at radius 2 is 1.74 bits per heavy atom. The van der Waals surface area contributed by atoms with Crippen LogP contribution in [0.25, 0.3) is 16.6 Å². The van der Waals surface area contributed by atoms with Crippen LogP contribution in [-0.2, 0) is 10.0 Å². The maximum atomic E-state index is 13.3. The lowest BCUT2D eigenvalue weighted by atomic mass is 10.0. The van der Waals surface area contributed by atoms with Gasteiger partial charge in [0.25, 0.3) is 0 Å². The van der Waals surface area contributed by atoms with E-state index in [0.717, 1.165) is 28.6 Å². The highest BCUT2D eigenvalue weighted by atomic mass is 32.2. The first-order valence-electron chi connectivity index (χ1n) is 11.7. The lowest BCUT2D eigenvalue weighted by Crippen LogP contribution is -2.43. The number of halogens is 1. The lowest BCUT2D eigenvalue weighted by molar-refractivity contribution is 0.173. The molecule has 3 aromatic carbocycles. The minimum atomic E-state index is -3.50. The van der Waals surface area contributed by atoms with Gasteiger partial charge in [-0.15, -0.1) is 0 Å². The molecule has 184 valence electrons. The highest BCUT2D eigenvalue weighted by Crippen LogP contribution is 2.29. The van der Waals surface area contributed by atoms with E-state index in [4.69, 9.17) is 4.74 Å². The second-order valence-corrected chi connectivity index (χ2v) is 10.9. The summed E-state index contributed by atoms with van der Waals surface area (Å²) in [7, 11) is -3.50. The summed E-state index contributed by atoms with van der Waals surface area (Å²) in [5.74, 6) is 0.291. The molecule has 1 heterocycles. The third kappa shape index (κ3) is 5.71. The smallest absolute Gasteiger partial charge is 0.214 e. The molecule has 0 aliphatic rings. The standard InChI is InChI=1S/C27H30FN3O3S/c1-4-8-19(2)35(32,33)30-20(3)27(21-9-6-5-7-10-21)34-25-15-16-26-22(17-25)18-29-31(26)24-13-11-23(28)12-14-24/h5-7,9-20,27,30H,4,8H2,1-3H3/t19-,20?,27-/m0/s1. The Bertz CT molecular complexity index is 1370. The molecule has 8 heteroatoms. The highest BCUT2D eigenvalue weighted by Gasteiger charge is 2.28. The van der Waals surface area contributed by atoms with Crippen LogP contribution in [0.15, 0.2) is 79.0 Å². The molecule has 0 amide bonds. The molecule has 0 spiro atoms. The minimum Gasteiger partial charge on any atom is -0.484 e. The van der Waals surface area contributed by atoms with E-state index in [1.165, 1.54) is 12.1 Å². The van der Waals surface area contributed by atoms with Crippen molar-refractivity contribution >= 4 is 20.9 Å². The van der Waals surface area contributed by atoms with Crippen molar-refractivity contribution in [2.45, 2.75) is 51.0 Å². The van der Waals surface area contributed by atoms with Crippen LogP contribution in [0.1, 0.15) is 45.3 Å². The van der Waals surface area contributed by atoms with E-state index in [2.05, 4.69) is 9.82 Å². The van der Waals surface area contributed by atoms with Gasteiger partial charge in [-0.3, -0.25) is 0 Å². The van der Waals surface area contributed by atoms with Crippen LogP contribution in [0.2, 0.25) is 0 Å². The number of ether oxygens (including phenoxy) is 1. The summed E-state index contributed by atoms with van der Waals surface area (Å²) in [6.45, 7) is 5.52. The number of sulfonamides is 1. The van der Waals surface area contributed by atoms with E-state index in [9.17, 15) is 12.8 Å². The zero-order valence-electron chi connectivity index (χ0n) is 20.1. The van der Waals surface area contributed by atoms with Crippen LogP contribution >= 0.6 is 0 Å². The summed E-state index contributed by atoms with van der Waals surface area (Å²) in [4.78, 5) is 0. The Kier molecular flexibility index (Phi) is 7.52. The molecule has 1 unspecified atom stereocenters. The summed E-state index contributed by atoms with van der Waals surface area (Å²) >= 11 is 0. The average molecular weight is 496 g/mol. The first-order valence-corrected chi connectivity index (χ1v) is 13.3. The fourth-order valence-corrected chi connectivity index (χ4v) is 5.54. The summed E-state index contributed by atoms with van der Waals surface area (Å²) in [6, 6.07) is 20.8. The zero-order valence-corrected chi connectivity index (χ0v) is 20.9. The van der Waals surface area contributed by atoms with Gasteiger partial charge in [-0.05, 0) is 68.3 Å². The number of rotatable bonds is 10. The first-order chi connectivity index (χ1) is 16.8. The summed E-state index contributed by atoms with van der Waals surface area (Å²) in [5.41, 5.74) is 2.47. The van der Waals surface area contributed by atoms with Crippen molar-refractivity contribution in [1.29, 1.82) is 0 Å². The van der Waals surface area contributed by atoms with Crippen molar-refractivity contribution in [3.8, 4) is 11.4 Å². The molecule has 0 bridgehead atoms. The summed E-state index contributed by atoms with van der Waals surface area (Å²) < 4.78 is 50.0. The van der Waals surface area contributed by atoms with Gasteiger partial charge in [-0.1, -0.05) is 43.7 Å². The van der Waals surface area contributed by atoms with Crippen molar-refractivity contribution in [2.75, 3.05) is 0 Å². The minimum absolute atomic E-state index is 0.304. The van der Waals surface area contributed by atoms with Gasteiger partial charge in [-0.25, -0.2) is 22.2 Å². The van der Waals surface area contributed by atoms with Gasteiger partial charge in [0.1, 0.15) is 17.7 Å². The number of benzene rings is 3. The Morgan fingerprint density at radius 3 is 2.43 bits per heavy atom. The fraction of sp³-hybridized carbons (Fsp3) is 0.296. The van der Waals surface area contributed by atoms with Gasteiger partial charge >= 0.3 is 0 Å². The third-order valence-corrected chi connectivity index (χ3v) is 8.03. The maximum Gasteiger partial charge on any atom is 0.214 e. The molecule has 4 aromatic rings. The molecule has 1 aromatic heterocycles. The Balaban J connectivity index is 1.62. The number of hydrogen-bond acceptors (Lipinski definition) is 4. The van der Waals surface area contributed by atoms with E-state index in [1.807, 2.05) is 62.4 Å². The maximum absolute atomic E-state index is 13.3. The average Bonchev–Trinajstić information content (AvgIpc) is 3.26. The largest absolute Gasteiger partial charge is 0.484 e. The Labute approximate surface area is 205 Å². The highest BCUT2D eigenvalue weighted by molar-refractivity contribution is 7.90. The molecule has 0 aliphatic heterocycles. The zero-order chi connectivity index (χ0) is 25.0. The third-order valence-electron chi connectivity index (χ3n) is 6.03. The van der Waals surface area contributed by atoms with Crippen molar-refractivity contribution in [3.05, 3.63) is 90.4 Å². The molecular weight excluding hydrogens is 465 g/mol. The predicted octanol–water partition coefficient (Wildman–Crippen LogP) is 5.78. The van der Waals surface area contributed by atoms with Crippen LogP contribution in [0.3, 0.4) is 0 Å². The van der Waals surface area contributed by atoms with Gasteiger partial charge in [-0.2, -0.15) is 5.10 Å². The molecule has 1 N–H and O–H groups in total. The van der Waals surface area contributed by atoms with Crippen molar-refractivity contribution < 1.29 is 17.5 Å². The Morgan fingerprint density at radius 1 is 1.03 bits per heavy atom. The molecule has 6 nitrogen and oxygen atoms in total. The fourth-order valence-electron chi connectivity index (χ4n) is 4.12. The van der Waals surface area contributed by atoms with Gasteiger partial charge in [0.05, 0.1) is 28.7 Å². The van der Waals surface area contributed by atoms with Gasteiger partial charge < -0.3 is 4.74 Å². The monoisotopic (exact) mass is 495 g/mol. The topological polar surface area (TPSA) is 73.2 Å². The van der Waals surface area contributed by atoms with Crippen molar-refractivity contribution in [2.24, 2.45) is 0 Å². The molecule has 0 radical (unpaired) electrons. The molecule has 0 aliphatic carbocycles. The molecule has 0 saturated heterocycles. The summed E-state index contributed by atoms with van der Waals surface area (Å²) in [5, 5.41) is 4.81. The normalized spacial score (nSPS) is 14.5. The number of fused-ring (bicyclic) bond motifs is 1. The molecule has 0 fully saturated rings. The van der Waals surface area contributed by atoms with Crippen LogP contribution < -0.4 is 9.46 Å². The predicted molar refractivity (Wildman–Crippen MR) is 137 cm³/mol. The van der Waals surface area contributed by atoms with Crippen LogP contribution in [0, 0.1) is 5.82 Å². The molecule has 3 atom stereocenters. The first kappa shape index (κ1) is 24.9. The van der Waals surface area contributed by atoms with Crippen molar-refractivity contribution in [3.63, 3.8) is 0 Å². The second kappa shape index (κ2) is 10.6. The van der Waals surface area contributed by atoms with E-state index < -0.39 is 27.4 Å². The van der Waals surface area contributed by atoms with Crippen LogP contribution in [0.5, 0.6) is 5.75 Å². The summed E-state index contributed by atoms with van der Waals surface area (Å²) in [6.07, 6.45) is 2.57. The SMILES string of the molecule is CCC[C@H](C)S(=O)(=O)NC(C)[C@H](Oc1ccc2c(cnn2-c2ccc(F)cc2)c1)c1ccccc1. The van der Waals surface area contributed by atoms with Crippen LogP contribution in [-0.4, -0.2) is 29.5 Å². The number of hydrogen-bond donors (Lipinski definition) is 1.